The van der Waals surface area contributed by atoms with Crippen molar-refractivity contribution in [2.24, 2.45) is 5.73 Å². The van der Waals surface area contributed by atoms with Crippen molar-refractivity contribution in [1.29, 1.82) is 0 Å². The molecule has 0 atom stereocenters. The summed E-state index contributed by atoms with van der Waals surface area (Å²) in [5.41, 5.74) is 7.87. The molecule has 1 aromatic heterocycles. The Morgan fingerprint density at radius 1 is 0.947 bits per heavy atom. The quantitative estimate of drug-likeness (QED) is 0.740. The number of benzene rings is 2. The minimum Gasteiger partial charge on any atom is -0.326 e. The number of nitrogens with zero attached hydrogens (tertiary/aromatic N) is 2. The van der Waals surface area contributed by atoms with Gasteiger partial charge in [0.05, 0.1) is 5.52 Å². The normalized spacial score (nSPS) is 10.8. The van der Waals surface area contributed by atoms with Gasteiger partial charge in [-0.05, 0) is 17.7 Å². The molecule has 0 fully saturated rings. The molecule has 3 rings (SSSR count). The van der Waals surface area contributed by atoms with Crippen LogP contribution in [0, 0.1) is 0 Å². The van der Waals surface area contributed by atoms with Gasteiger partial charge in [0.1, 0.15) is 11.4 Å². The van der Waals surface area contributed by atoms with Gasteiger partial charge < -0.3 is 5.73 Å². The van der Waals surface area contributed by atoms with Gasteiger partial charge in [-0.1, -0.05) is 48.2 Å². The lowest BCUT2D eigenvalue weighted by Crippen LogP contribution is -1.98. The van der Waals surface area contributed by atoms with Crippen molar-refractivity contribution in [2.75, 3.05) is 0 Å². The zero-order valence-electron chi connectivity index (χ0n) is 10.3. The molecule has 0 unspecified atom stereocenters. The molecule has 0 aliphatic carbocycles. The van der Waals surface area contributed by atoms with E-state index in [1.165, 1.54) is 0 Å². The van der Waals surface area contributed by atoms with E-state index in [2.05, 4.69) is 16.0 Å². The lowest BCUT2D eigenvalue weighted by atomic mass is 10.2. The average Bonchev–Trinajstić information content (AvgIpc) is 2.48. The standard InChI is InChI=1S/C15H13N3S/c16-9-11-5-1-4-8-14(11)19-15-12-6-2-3-7-13(12)17-10-18-15/h1-8,10H,9,16H2. The predicted octanol–water partition coefficient (Wildman–Crippen LogP) is 3.24. The Hall–Kier alpha value is -1.91. The maximum Gasteiger partial charge on any atom is 0.117 e. The second-order valence-corrected chi connectivity index (χ2v) is 5.14. The summed E-state index contributed by atoms with van der Waals surface area (Å²) in [4.78, 5) is 9.81. The van der Waals surface area contributed by atoms with Crippen LogP contribution < -0.4 is 5.73 Å². The fourth-order valence-corrected chi connectivity index (χ4v) is 2.96. The predicted molar refractivity (Wildman–Crippen MR) is 78.0 cm³/mol. The van der Waals surface area contributed by atoms with Crippen LogP contribution in [0.2, 0.25) is 0 Å². The summed E-state index contributed by atoms with van der Waals surface area (Å²) in [6.45, 7) is 0.534. The van der Waals surface area contributed by atoms with Gasteiger partial charge in [-0.2, -0.15) is 0 Å². The molecule has 3 aromatic rings. The van der Waals surface area contributed by atoms with Crippen molar-refractivity contribution in [2.45, 2.75) is 16.5 Å². The van der Waals surface area contributed by atoms with Gasteiger partial charge in [-0.25, -0.2) is 9.97 Å². The fourth-order valence-electron chi connectivity index (χ4n) is 1.94. The third kappa shape index (κ3) is 2.45. The van der Waals surface area contributed by atoms with Crippen LogP contribution in [-0.2, 0) is 6.54 Å². The highest BCUT2D eigenvalue weighted by Crippen LogP contribution is 2.32. The molecular weight excluding hydrogens is 254 g/mol. The molecule has 0 amide bonds. The first kappa shape index (κ1) is 12.1. The summed E-state index contributed by atoms with van der Waals surface area (Å²) < 4.78 is 0. The number of fused-ring (bicyclic) bond motifs is 1. The molecule has 0 saturated carbocycles. The lowest BCUT2D eigenvalue weighted by Gasteiger charge is -2.08. The van der Waals surface area contributed by atoms with Crippen LogP contribution in [0.25, 0.3) is 10.9 Å². The maximum atomic E-state index is 5.77. The molecule has 0 bridgehead atoms. The van der Waals surface area contributed by atoms with Crippen molar-refractivity contribution in [3.8, 4) is 0 Å². The van der Waals surface area contributed by atoms with Crippen molar-refractivity contribution < 1.29 is 0 Å². The summed E-state index contributed by atoms with van der Waals surface area (Å²) >= 11 is 1.64. The van der Waals surface area contributed by atoms with E-state index < -0.39 is 0 Å². The molecule has 0 radical (unpaired) electrons. The molecule has 94 valence electrons. The van der Waals surface area contributed by atoms with Crippen molar-refractivity contribution >= 4 is 22.7 Å². The maximum absolute atomic E-state index is 5.77. The summed E-state index contributed by atoms with van der Waals surface area (Å²) in [6.07, 6.45) is 1.61. The monoisotopic (exact) mass is 267 g/mol. The van der Waals surface area contributed by atoms with Crippen molar-refractivity contribution in [3.63, 3.8) is 0 Å². The van der Waals surface area contributed by atoms with Crippen molar-refractivity contribution in [1.82, 2.24) is 9.97 Å². The number of rotatable bonds is 3. The second kappa shape index (κ2) is 5.38. The van der Waals surface area contributed by atoms with Crippen LogP contribution in [-0.4, -0.2) is 9.97 Å². The Morgan fingerprint density at radius 3 is 2.63 bits per heavy atom. The number of aromatic nitrogens is 2. The first-order valence-corrected chi connectivity index (χ1v) is 6.85. The van der Waals surface area contributed by atoms with E-state index in [1.807, 2.05) is 42.5 Å². The van der Waals surface area contributed by atoms with E-state index in [0.717, 1.165) is 26.4 Å². The van der Waals surface area contributed by atoms with Crippen LogP contribution in [0.15, 0.2) is 64.8 Å². The molecule has 2 aromatic carbocycles. The first-order chi connectivity index (χ1) is 9.38. The minimum absolute atomic E-state index is 0.534. The van der Waals surface area contributed by atoms with Crippen LogP contribution in [0.4, 0.5) is 0 Å². The SMILES string of the molecule is NCc1ccccc1Sc1ncnc2ccccc12. The molecule has 0 aliphatic heterocycles. The van der Waals surface area contributed by atoms with Gasteiger partial charge in [0.2, 0.25) is 0 Å². The van der Waals surface area contributed by atoms with E-state index in [0.29, 0.717) is 6.54 Å². The smallest absolute Gasteiger partial charge is 0.117 e. The van der Waals surface area contributed by atoms with Gasteiger partial charge in [0.25, 0.3) is 0 Å². The van der Waals surface area contributed by atoms with Gasteiger partial charge in [0, 0.05) is 16.8 Å². The molecule has 4 heteroatoms. The van der Waals surface area contributed by atoms with Crippen LogP contribution in [0.1, 0.15) is 5.56 Å². The topological polar surface area (TPSA) is 51.8 Å². The largest absolute Gasteiger partial charge is 0.326 e. The van der Waals surface area contributed by atoms with E-state index >= 15 is 0 Å². The van der Waals surface area contributed by atoms with Gasteiger partial charge in [0.15, 0.2) is 0 Å². The molecule has 3 nitrogen and oxygen atoms in total. The molecule has 0 saturated heterocycles. The van der Waals surface area contributed by atoms with Gasteiger partial charge >= 0.3 is 0 Å². The van der Waals surface area contributed by atoms with Gasteiger partial charge in [-0.15, -0.1) is 0 Å². The minimum atomic E-state index is 0.534. The third-order valence-corrected chi connectivity index (χ3v) is 4.04. The summed E-state index contributed by atoms with van der Waals surface area (Å²) in [5, 5.41) is 2.04. The Balaban J connectivity index is 2.06. The zero-order chi connectivity index (χ0) is 13.1. The highest BCUT2D eigenvalue weighted by Gasteiger charge is 2.07. The first-order valence-electron chi connectivity index (χ1n) is 6.04. The number of hydrogen-bond acceptors (Lipinski definition) is 4. The molecular formula is C15H13N3S. The highest BCUT2D eigenvalue weighted by molar-refractivity contribution is 7.99. The van der Waals surface area contributed by atoms with E-state index in [9.17, 15) is 0 Å². The number of nitrogens with two attached hydrogens (primary N) is 1. The Morgan fingerprint density at radius 2 is 1.74 bits per heavy atom. The number of hydrogen-bond donors (Lipinski definition) is 1. The number of para-hydroxylation sites is 1. The molecule has 0 aliphatic rings. The average molecular weight is 267 g/mol. The van der Waals surface area contributed by atoms with Crippen molar-refractivity contribution in [3.05, 3.63) is 60.4 Å². The second-order valence-electron chi connectivity index (χ2n) is 4.11. The lowest BCUT2D eigenvalue weighted by molar-refractivity contribution is 1.02. The summed E-state index contributed by atoms with van der Waals surface area (Å²) in [7, 11) is 0. The fraction of sp³-hybridized carbons (Fsp3) is 0.0667. The summed E-state index contributed by atoms with van der Waals surface area (Å²) in [6, 6.07) is 16.2. The highest BCUT2D eigenvalue weighted by atomic mass is 32.2. The van der Waals surface area contributed by atoms with Gasteiger partial charge in [-0.3, -0.25) is 0 Å². The van der Waals surface area contributed by atoms with E-state index in [1.54, 1.807) is 18.1 Å². The zero-order valence-corrected chi connectivity index (χ0v) is 11.1. The third-order valence-electron chi connectivity index (χ3n) is 2.91. The van der Waals surface area contributed by atoms with Crippen LogP contribution >= 0.6 is 11.8 Å². The summed E-state index contributed by atoms with van der Waals surface area (Å²) in [5.74, 6) is 0. The molecule has 19 heavy (non-hydrogen) atoms. The Kier molecular flexibility index (Phi) is 3.44. The molecule has 0 spiro atoms. The van der Waals surface area contributed by atoms with E-state index in [-0.39, 0.29) is 0 Å². The van der Waals surface area contributed by atoms with Crippen LogP contribution in [0.3, 0.4) is 0 Å². The Labute approximate surface area is 115 Å². The Bertz CT molecular complexity index is 707. The van der Waals surface area contributed by atoms with Crippen LogP contribution in [0.5, 0.6) is 0 Å². The van der Waals surface area contributed by atoms with E-state index in [4.69, 9.17) is 5.73 Å². The molecule has 1 heterocycles. The molecule has 2 N–H and O–H groups in total.